The van der Waals surface area contributed by atoms with Gasteiger partial charge in [0.25, 0.3) is 5.56 Å². The Morgan fingerprint density at radius 2 is 1.96 bits per heavy atom. The molecule has 6 nitrogen and oxygen atoms in total. The normalized spacial score (nSPS) is 15.8. The molecule has 0 unspecified atom stereocenters. The molecular weight excluding hydrogens is 383 g/mol. The Morgan fingerprint density at radius 3 is 2.58 bits per heavy atom. The van der Waals surface area contributed by atoms with Crippen molar-refractivity contribution in [2.24, 2.45) is 0 Å². The molecule has 1 aromatic carbocycles. The second kappa shape index (κ2) is 7.38. The van der Waals surface area contributed by atoms with Crippen molar-refractivity contribution in [3.8, 4) is 11.4 Å². The smallest absolute Gasteiger partial charge is 0.258 e. The molecule has 0 aliphatic carbocycles. The molecule has 1 aliphatic rings. The minimum Gasteiger partial charge on any atom is -0.489 e. The van der Waals surface area contributed by atoms with Gasteiger partial charge in [-0.3, -0.25) is 9.36 Å². The zero-order valence-corrected chi connectivity index (χ0v) is 15.6. The number of rotatable bonds is 4. The summed E-state index contributed by atoms with van der Waals surface area (Å²) in [6, 6.07) is 4.72. The number of hydrogen-bond acceptors (Lipinski definition) is 5. The molecule has 3 rings (SSSR count). The van der Waals surface area contributed by atoms with E-state index in [2.05, 4.69) is 5.32 Å². The van der Waals surface area contributed by atoms with E-state index < -0.39 is 26.1 Å². The van der Waals surface area contributed by atoms with E-state index >= 15 is 0 Å². The van der Waals surface area contributed by atoms with Crippen LogP contribution in [0, 0.1) is 5.82 Å². The molecular formula is C17H18ClFN2O4S. The van der Waals surface area contributed by atoms with Gasteiger partial charge in [-0.1, -0.05) is 11.6 Å². The van der Waals surface area contributed by atoms with Crippen LogP contribution in [0.5, 0.6) is 5.75 Å². The number of sulfone groups is 1. The molecule has 1 N–H and O–H groups in total. The van der Waals surface area contributed by atoms with E-state index in [1.165, 1.54) is 18.3 Å². The lowest BCUT2D eigenvalue weighted by molar-refractivity contribution is 0.162. The number of pyridine rings is 1. The molecule has 1 fully saturated rings. The van der Waals surface area contributed by atoms with Gasteiger partial charge in [-0.2, -0.15) is 0 Å². The van der Waals surface area contributed by atoms with Gasteiger partial charge >= 0.3 is 0 Å². The zero-order chi connectivity index (χ0) is 18.9. The highest BCUT2D eigenvalue weighted by molar-refractivity contribution is 7.90. The van der Waals surface area contributed by atoms with Crippen LogP contribution in [0.15, 0.2) is 40.2 Å². The zero-order valence-electron chi connectivity index (χ0n) is 14.0. The van der Waals surface area contributed by atoms with Gasteiger partial charge in [0.05, 0.1) is 10.7 Å². The average molecular weight is 401 g/mol. The quantitative estimate of drug-likeness (QED) is 0.851. The molecule has 0 atom stereocenters. The third kappa shape index (κ3) is 4.08. The molecule has 2 aromatic rings. The average Bonchev–Trinajstić information content (AvgIpc) is 2.57. The molecule has 0 radical (unpaired) electrons. The van der Waals surface area contributed by atoms with E-state index in [9.17, 15) is 17.6 Å². The van der Waals surface area contributed by atoms with Gasteiger partial charge in [0, 0.05) is 18.5 Å². The lowest BCUT2D eigenvalue weighted by atomic mass is 10.1. The fourth-order valence-electron chi connectivity index (χ4n) is 2.82. The van der Waals surface area contributed by atoms with E-state index in [0.29, 0.717) is 0 Å². The summed E-state index contributed by atoms with van der Waals surface area (Å²) in [6.07, 6.45) is 3.88. The minimum absolute atomic E-state index is 0.0181. The number of aromatic nitrogens is 1. The van der Waals surface area contributed by atoms with Crippen molar-refractivity contribution in [2.75, 3.05) is 19.3 Å². The Morgan fingerprint density at radius 1 is 1.27 bits per heavy atom. The minimum atomic E-state index is -3.69. The number of nitrogens with one attached hydrogen (secondary N) is 1. The summed E-state index contributed by atoms with van der Waals surface area (Å²) in [6.45, 7) is 1.68. The third-order valence-electron chi connectivity index (χ3n) is 4.14. The summed E-state index contributed by atoms with van der Waals surface area (Å²) in [7, 11) is -3.69. The van der Waals surface area contributed by atoms with Crippen LogP contribution >= 0.6 is 11.6 Å². The predicted octanol–water partition coefficient (Wildman–Crippen LogP) is 2.16. The maximum absolute atomic E-state index is 14.1. The van der Waals surface area contributed by atoms with Crippen molar-refractivity contribution in [1.82, 2.24) is 9.88 Å². The van der Waals surface area contributed by atoms with Gasteiger partial charge in [0.1, 0.15) is 22.6 Å². The van der Waals surface area contributed by atoms with Crippen LogP contribution in [0.2, 0.25) is 5.02 Å². The third-order valence-corrected chi connectivity index (χ3v) is 5.56. The highest BCUT2D eigenvalue weighted by atomic mass is 35.5. The molecule has 140 valence electrons. The first-order valence-electron chi connectivity index (χ1n) is 8.05. The van der Waals surface area contributed by atoms with Crippen molar-refractivity contribution < 1.29 is 17.5 Å². The van der Waals surface area contributed by atoms with Crippen molar-refractivity contribution >= 4 is 21.4 Å². The number of ether oxygens (including phenoxy) is 1. The molecule has 26 heavy (non-hydrogen) atoms. The van der Waals surface area contributed by atoms with E-state index in [-0.39, 0.29) is 22.6 Å². The first-order valence-corrected chi connectivity index (χ1v) is 10.3. The van der Waals surface area contributed by atoms with Crippen LogP contribution in [-0.4, -0.2) is 38.4 Å². The molecule has 1 saturated heterocycles. The monoisotopic (exact) mass is 400 g/mol. The molecule has 0 spiro atoms. The molecule has 1 aliphatic heterocycles. The Hall–Kier alpha value is -1.90. The van der Waals surface area contributed by atoms with Crippen LogP contribution < -0.4 is 15.6 Å². The van der Waals surface area contributed by atoms with Gasteiger partial charge in [0.15, 0.2) is 9.84 Å². The number of nitrogens with zero attached hydrogens (tertiary/aromatic N) is 1. The van der Waals surface area contributed by atoms with Crippen LogP contribution in [0.25, 0.3) is 5.69 Å². The topological polar surface area (TPSA) is 77.4 Å². The fraction of sp³-hybridized carbons (Fsp3) is 0.353. The first-order chi connectivity index (χ1) is 12.3. The van der Waals surface area contributed by atoms with E-state index in [1.807, 2.05) is 0 Å². The van der Waals surface area contributed by atoms with Crippen LogP contribution in [-0.2, 0) is 9.84 Å². The first kappa shape index (κ1) is 18.9. The maximum atomic E-state index is 14.1. The summed E-state index contributed by atoms with van der Waals surface area (Å²) in [4.78, 5) is 12.0. The van der Waals surface area contributed by atoms with Gasteiger partial charge in [-0.05, 0) is 44.1 Å². The van der Waals surface area contributed by atoms with E-state index in [1.54, 1.807) is 0 Å². The SMILES string of the molecule is CS(=O)(=O)c1ccc(-n2cc(Cl)c(OC3CCNCC3)cc2=O)cc1F. The lowest BCUT2D eigenvalue weighted by Gasteiger charge is -2.24. The molecule has 0 saturated carbocycles. The van der Waals surface area contributed by atoms with Crippen molar-refractivity contribution in [2.45, 2.75) is 23.8 Å². The highest BCUT2D eigenvalue weighted by Crippen LogP contribution is 2.26. The summed E-state index contributed by atoms with van der Waals surface area (Å²) in [5.41, 5.74) is -0.278. The second-order valence-corrected chi connectivity index (χ2v) is 8.54. The van der Waals surface area contributed by atoms with Gasteiger partial charge in [-0.15, -0.1) is 0 Å². The van der Waals surface area contributed by atoms with Crippen molar-refractivity contribution in [3.63, 3.8) is 0 Å². The van der Waals surface area contributed by atoms with Gasteiger partial charge in [0.2, 0.25) is 0 Å². The highest BCUT2D eigenvalue weighted by Gasteiger charge is 2.18. The van der Waals surface area contributed by atoms with Gasteiger partial charge < -0.3 is 10.1 Å². The molecule has 0 bridgehead atoms. The summed E-state index contributed by atoms with van der Waals surface area (Å²) >= 11 is 6.22. The van der Waals surface area contributed by atoms with Crippen LogP contribution in [0.3, 0.4) is 0 Å². The summed E-state index contributed by atoms with van der Waals surface area (Å²) < 4.78 is 44.1. The Balaban J connectivity index is 1.93. The second-order valence-electron chi connectivity index (χ2n) is 6.15. The summed E-state index contributed by atoms with van der Waals surface area (Å²) in [5.74, 6) is -0.643. The van der Waals surface area contributed by atoms with Crippen molar-refractivity contribution in [3.05, 3.63) is 51.7 Å². The number of piperidine rings is 1. The number of halogens is 2. The van der Waals surface area contributed by atoms with Crippen LogP contribution in [0.4, 0.5) is 4.39 Å². The molecule has 0 amide bonds. The van der Waals surface area contributed by atoms with E-state index in [0.717, 1.165) is 48.9 Å². The van der Waals surface area contributed by atoms with Crippen molar-refractivity contribution in [1.29, 1.82) is 0 Å². The number of hydrogen-bond donors (Lipinski definition) is 1. The Labute approximate surface area is 155 Å². The predicted molar refractivity (Wildman–Crippen MR) is 96.6 cm³/mol. The lowest BCUT2D eigenvalue weighted by Crippen LogP contribution is -2.34. The summed E-state index contributed by atoms with van der Waals surface area (Å²) in [5, 5.41) is 3.44. The fourth-order valence-corrected chi connectivity index (χ4v) is 3.74. The standard InChI is InChI=1S/C17H18ClFN2O4S/c1-26(23,24)16-3-2-11(8-14(16)19)21-10-13(18)15(9-17(21)22)25-12-4-6-20-7-5-12/h2-3,8-10,12,20H,4-7H2,1H3. The van der Waals surface area contributed by atoms with Crippen LogP contribution in [0.1, 0.15) is 12.8 Å². The molecule has 1 aromatic heterocycles. The Bertz CT molecular complexity index is 985. The number of benzene rings is 1. The maximum Gasteiger partial charge on any atom is 0.258 e. The van der Waals surface area contributed by atoms with E-state index in [4.69, 9.17) is 16.3 Å². The largest absolute Gasteiger partial charge is 0.489 e. The van der Waals surface area contributed by atoms with Gasteiger partial charge in [-0.25, -0.2) is 12.8 Å². The molecule has 2 heterocycles. The Kier molecular flexibility index (Phi) is 5.36. The molecule has 9 heteroatoms.